The minimum atomic E-state index is -4.08. The van der Waals surface area contributed by atoms with Gasteiger partial charge in [0.25, 0.3) is 10.1 Å². The van der Waals surface area contributed by atoms with Crippen molar-refractivity contribution >= 4 is 51.1 Å². The molecule has 0 fully saturated rings. The van der Waals surface area contributed by atoms with Gasteiger partial charge in [-0.25, -0.2) is 9.59 Å². The van der Waals surface area contributed by atoms with Gasteiger partial charge >= 0.3 is 41.0 Å². The van der Waals surface area contributed by atoms with Crippen LogP contribution < -0.4 is 0 Å². The number of rotatable bonds is 13. The second-order valence-electron chi connectivity index (χ2n) is 6.48. The van der Waals surface area contributed by atoms with Crippen molar-refractivity contribution in [2.75, 3.05) is 25.6 Å². The van der Waals surface area contributed by atoms with E-state index in [2.05, 4.69) is 13.2 Å². The Balaban J connectivity index is -0.00000121. The molecular weight excluding hydrogens is 417 g/mol. The van der Waals surface area contributed by atoms with Crippen LogP contribution in [0.5, 0.6) is 0 Å². The number of unbranched alkanes of at least 4 members (excludes halogenated alkanes) is 1. The third-order valence-corrected chi connectivity index (χ3v) is 4.60. The van der Waals surface area contributed by atoms with E-state index in [1.54, 1.807) is 6.92 Å². The molecule has 11 heteroatoms. The molecule has 0 aliphatic rings. The molecule has 0 amide bonds. The van der Waals surface area contributed by atoms with Gasteiger partial charge < -0.3 is 17.1 Å². The normalized spacial score (nSPS) is 11.0. The van der Waals surface area contributed by atoms with Crippen molar-refractivity contribution in [3.05, 3.63) is 24.3 Å². The summed E-state index contributed by atoms with van der Waals surface area (Å²) in [4.78, 5) is 36.0. The summed E-state index contributed by atoms with van der Waals surface area (Å²) in [5, 5.41) is 0. The summed E-state index contributed by atoms with van der Waals surface area (Å²) in [5.41, 5.74) is -1.15. The summed E-state index contributed by atoms with van der Waals surface area (Å²) >= 11 is 0. The number of esters is 3. The number of ether oxygens (including phenoxy) is 3. The largest absolute Gasteiger partial charge is 2.00 e. The summed E-state index contributed by atoms with van der Waals surface area (Å²) in [6, 6.07) is 0. The van der Waals surface area contributed by atoms with Crippen molar-refractivity contribution in [2.45, 2.75) is 40.0 Å². The molecule has 29 heavy (non-hydrogen) atoms. The summed E-state index contributed by atoms with van der Waals surface area (Å²) in [6.45, 7) is 10.6. The number of carbonyl (C=O) groups is 3. The Hall–Kier alpha value is -1.43. The Morgan fingerprint density at radius 2 is 1.41 bits per heavy atom. The van der Waals surface area contributed by atoms with Crippen LogP contribution in [0, 0.1) is 5.41 Å². The first-order chi connectivity index (χ1) is 12.8. The third kappa shape index (κ3) is 12.0. The number of hydrogen-bond acceptors (Lipinski definition) is 8. The van der Waals surface area contributed by atoms with Crippen molar-refractivity contribution in [3.8, 4) is 0 Å². The van der Waals surface area contributed by atoms with E-state index in [4.69, 9.17) is 18.8 Å². The molecule has 0 spiro atoms. The van der Waals surface area contributed by atoms with Gasteiger partial charge in [-0.2, -0.15) is 8.42 Å². The van der Waals surface area contributed by atoms with Crippen molar-refractivity contribution in [3.63, 3.8) is 0 Å². The monoisotopic (exact) mass is 446 g/mol. The smallest absolute Gasteiger partial charge is 1.00 e. The van der Waals surface area contributed by atoms with Gasteiger partial charge in [-0.15, -0.1) is 0 Å². The van der Waals surface area contributed by atoms with Crippen LogP contribution in [0.25, 0.3) is 0 Å². The molecule has 164 valence electrons. The summed E-state index contributed by atoms with van der Waals surface area (Å²) < 4.78 is 45.4. The molecule has 0 heterocycles. The molecule has 0 unspecified atom stereocenters. The maximum absolute atomic E-state index is 12.6. The molecule has 0 aliphatic heterocycles. The Labute approximate surface area is 190 Å². The van der Waals surface area contributed by atoms with E-state index in [1.165, 1.54) is 13.8 Å². The third-order valence-electron chi connectivity index (χ3n) is 3.80. The molecular formula is C18H30MgO9S. The van der Waals surface area contributed by atoms with Crippen LogP contribution in [0.2, 0.25) is 0 Å². The van der Waals surface area contributed by atoms with Crippen LogP contribution in [0.1, 0.15) is 42.9 Å². The Bertz CT molecular complexity index is 694. The predicted molar refractivity (Wildman–Crippen MR) is 109 cm³/mol. The fourth-order valence-electron chi connectivity index (χ4n) is 1.87. The van der Waals surface area contributed by atoms with Gasteiger partial charge in [-0.1, -0.05) is 20.1 Å². The average molecular weight is 447 g/mol. The maximum atomic E-state index is 12.6. The van der Waals surface area contributed by atoms with Gasteiger partial charge in [0.15, 0.2) is 0 Å². The standard InChI is InChI=1S/C18H28O9S.Mg.2H/c1-6-18(11-26-15(19)13(2)3,12-27-16(20)14(4)5)17(21)25-9-7-8-10-28(22,23)24;;;/h2,4,6-12H2,1,3,5H3,(H,22,23,24);;;/q;+2;2*-1. The van der Waals surface area contributed by atoms with Crippen molar-refractivity contribution in [1.82, 2.24) is 0 Å². The summed E-state index contributed by atoms with van der Waals surface area (Å²) in [7, 11) is -4.08. The Kier molecular flexibility index (Phi) is 14.1. The van der Waals surface area contributed by atoms with E-state index >= 15 is 0 Å². The molecule has 0 aromatic heterocycles. The van der Waals surface area contributed by atoms with E-state index < -0.39 is 39.2 Å². The number of carbonyl (C=O) groups excluding carboxylic acids is 3. The number of hydrogen-bond donors (Lipinski definition) is 1. The summed E-state index contributed by atoms with van der Waals surface area (Å²) in [6.07, 6.45) is 0.437. The topological polar surface area (TPSA) is 133 Å². The van der Waals surface area contributed by atoms with Crippen molar-refractivity contribution in [1.29, 1.82) is 0 Å². The second kappa shape index (κ2) is 13.7. The minimum absolute atomic E-state index is 0. The van der Waals surface area contributed by atoms with E-state index in [1.807, 2.05) is 0 Å². The summed E-state index contributed by atoms with van der Waals surface area (Å²) in [5.74, 6) is -2.61. The second-order valence-corrected chi connectivity index (χ2v) is 8.05. The van der Waals surface area contributed by atoms with Crippen molar-refractivity contribution < 1.29 is 44.4 Å². The van der Waals surface area contributed by atoms with E-state index in [0.29, 0.717) is 0 Å². The van der Waals surface area contributed by atoms with E-state index in [0.717, 1.165) is 0 Å². The van der Waals surface area contributed by atoms with E-state index in [9.17, 15) is 22.8 Å². The van der Waals surface area contributed by atoms with Gasteiger partial charge in [-0.05, 0) is 33.1 Å². The zero-order chi connectivity index (χ0) is 22.0. The predicted octanol–water partition coefficient (Wildman–Crippen LogP) is 1.68. The fourth-order valence-corrected chi connectivity index (χ4v) is 2.44. The van der Waals surface area contributed by atoms with Crippen LogP contribution in [0.15, 0.2) is 24.3 Å². The molecule has 9 nitrogen and oxygen atoms in total. The van der Waals surface area contributed by atoms with Crippen LogP contribution in [0.4, 0.5) is 0 Å². The van der Waals surface area contributed by atoms with Crippen molar-refractivity contribution in [2.24, 2.45) is 5.41 Å². The molecule has 0 aliphatic carbocycles. The molecule has 0 radical (unpaired) electrons. The maximum Gasteiger partial charge on any atom is 2.00 e. The van der Waals surface area contributed by atoms with Gasteiger partial charge in [0.1, 0.15) is 18.6 Å². The molecule has 0 saturated heterocycles. The van der Waals surface area contributed by atoms with E-state index in [-0.39, 0.29) is 76.1 Å². The minimum Gasteiger partial charge on any atom is -1.00 e. The molecule has 0 atom stereocenters. The van der Waals surface area contributed by atoms with Gasteiger partial charge in [0.05, 0.1) is 12.4 Å². The van der Waals surface area contributed by atoms with Crippen LogP contribution in [-0.4, -0.2) is 79.5 Å². The van der Waals surface area contributed by atoms with Crippen LogP contribution >= 0.6 is 0 Å². The average Bonchev–Trinajstić information content (AvgIpc) is 2.59. The zero-order valence-corrected chi connectivity index (χ0v) is 19.4. The fraction of sp³-hybridized carbons (Fsp3) is 0.611. The first-order valence-electron chi connectivity index (χ1n) is 8.62. The quantitative estimate of drug-likeness (QED) is 0.112. The first kappa shape index (κ1) is 29.8. The SMILES string of the molecule is C=C(C)C(=O)OCC(CC)(COC(=O)C(=C)C)C(=O)OCCCCS(=O)(=O)O.[H-].[H-].[Mg+2]. The van der Waals surface area contributed by atoms with Gasteiger partial charge in [-0.3, -0.25) is 9.35 Å². The molecule has 0 bridgehead atoms. The molecule has 1 N–H and O–H groups in total. The molecule has 0 saturated carbocycles. The Morgan fingerprint density at radius 3 is 1.76 bits per heavy atom. The van der Waals surface area contributed by atoms with Gasteiger partial charge in [0, 0.05) is 11.1 Å². The zero-order valence-electron chi connectivity index (χ0n) is 19.2. The van der Waals surface area contributed by atoms with Crippen LogP contribution in [0.3, 0.4) is 0 Å². The molecule has 0 aromatic carbocycles. The van der Waals surface area contributed by atoms with Gasteiger partial charge in [0.2, 0.25) is 0 Å². The van der Waals surface area contributed by atoms with Crippen LogP contribution in [-0.2, 0) is 38.7 Å². The Morgan fingerprint density at radius 1 is 0.966 bits per heavy atom. The molecule has 0 rings (SSSR count). The first-order valence-corrected chi connectivity index (χ1v) is 10.2. The molecule has 0 aromatic rings.